The summed E-state index contributed by atoms with van der Waals surface area (Å²) >= 11 is 0. The van der Waals surface area contributed by atoms with Gasteiger partial charge >= 0.3 is 0 Å². The van der Waals surface area contributed by atoms with Gasteiger partial charge in [-0.25, -0.2) is 8.78 Å². The third-order valence-electron chi connectivity index (χ3n) is 2.76. The van der Waals surface area contributed by atoms with E-state index in [-0.39, 0.29) is 12.5 Å². The Balaban J connectivity index is 2.55. The first-order valence-corrected chi connectivity index (χ1v) is 6.42. The summed E-state index contributed by atoms with van der Waals surface area (Å²) in [6, 6.07) is 3.34. The van der Waals surface area contributed by atoms with Crippen molar-refractivity contribution in [3.63, 3.8) is 0 Å². The van der Waals surface area contributed by atoms with E-state index in [9.17, 15) is 18.4 Å². The summed E-state index contributed by atoms with van der Waals surface area (Å²) in [5, 5.41) is 2.60. The standard InChI is InChI=1S/C14H18F2N2O3/c1-18(9-12(19)17-7-4-8-21-2)14(20)10-5-3-6-11(15)13(10)16/h3,5-6H,4,7-9H2,1-2H3,(H,17,19). The maximum absolute atomic E-state index is 13.5. The first-order chi connectivity index (χ1) is 9.97. The Bertz CT molecular complexity index is 509. The van der Waals surface area contributed by atoms with Crippen molar-refractivity contribution >= 4 is 11.8 Å². The molecular formula is C14H18F2N2O3. The van der Waals surface area contributed by atoms with Gasteiger partial charge < -0.3 is 15.0 Å². The Kier molecular flexibility index (Phi) is 6.74. The van der Waals surface area contributed by atoms with Gasteiger partial charge in [-0.3, -0.25) is 9.59 Å². The number of amides is 2. The number of nitrogens with one attached hydrogen (secondary N) is 1. The maximum Gasteiger partial charge on any atom is 0.257 e. The summed E-state index contributed by atoms with van der Waals surface area (Å²) in [6.45, 7) is 0.703. The fourth-order valence-corrected chi connectivity index (χ4v) is 1.66. The predicted octanol–water partition coefficient (Wildman–Crippen LogP) is 1.19. The van der Waals surface area contributed by atoms with Crippen molar-refractivity contribution in [3.05, 3.63) is 35.4 Å². The Morgan fingerprint density at radius 1 is 1.33 bits per heavy atom. The summed E-state index contributed by atoms with van der Waals surface area (Å²) in [7, 11) is 2.91. The number of likely N-dealkylation sites (N-methyl/N-ethyl adjacent to an activating group) is 1. The van der Waals surface area contributed by atoms with Crippen molar-refractivity contribution in [2.24, 2.45) is 0 Å². The molecule has 1 aromatic rings. The van der Waals surface area contributed by atoms with E-state index in [0.29, 0.717) is 19.6 Å². The van der Waals surface area contributed by atoms with Crippen LogP contribution >= 0.6 is 0 Å². The van der Waals surface area contributed by atoms with Crippen molar-refractivity contribution in [2.75, 3.05) is 33.9 Å². The van der Waals surface area contributed by atoms with Crippen LogP contribution in [0, 0.1) is 11.6 Å². The predicted molar refractivity (Wildman–Crippen MR) is 72.8 cm³/mol. The molecule has 2 amide bonds. The number of hydrogen-bond donors (Lipinski definition) is 1. The third kappa shape index (κ3) is 5.11. The molecule has 0 bridgehead atoms. The zero-order valence-electron chi connectivity index (χ0n) is 12.0. The number of methoxy groups -OCH3 is 1. The van der Waals surface area contributed by atoms with Gasteiger partial charge in [0.15, 0.2) is 11.6 Å². The third-order valence-corrected chi connectivity index (χ3v) is 2.76. The van der Waals surface area contributed by atoms with E-state index in [1.807, 2.05) is 0 Å². The molecule has 1 rings (SSSR count). The minimum atomic E-state index is -1.21. The number of carbonyl (C=O) groups excluding carboxylic acids is 2. The summed E-state index contributed by atoms with van der Waals surface area (Å²) in [6.07, 6.45) is 0.651. The zero-order chi connectivity index (χ0) is 15.8. The Hall–Kier alpha value is -2.02. The van der Waals surface area contributed by atoms with Crippen LogP contribution in [0.3, 0.4) is 0 Å². The molecule has 0 saturated carbocycles. The molecular weight excluding hydrogens is 282 g/mol. The topological polar surface area (TPSA) is 58.6 Å². The highest BCUT2D eigenvalue weighted by Gasteiger charge is 2.20. The fourth-order valence-electron chi connectivity index (χ4n) is 1.66. The number of carbonyl (C=O) groups is 2. The maximum atomic E-state index is 13.5. The number of halogens is 2. The van der Waals surface area contributed by atoms with Crippen LogP contribution in [-0.2, 0) is 9.53 Å². The number of rotatable bonds is 7. The smallest absolute Gasteiger partial charge is 0.257 e. The Morgan fingerprint density at radius 2 is 2.05 bits per heavy atom. The molecule has 1 N–H and O–H groups in total. The van der Waals surface area contributed by atoms with Crippen molar-refractivity contribution < 1.29 is 23.1 Å². The van der Waals surface area contributed by atoms with Crippen LogP contribution in [0.1, 0.15) is 16.8 Å². The number of nitrogens with zero attached hydrogens (tertiary/aromatic N) is 1. The fraction of sp³-hybridized carbons (Fsp3) is 0.429. The van der Waals surface area contributed by atoms with Crippen LogP contribution in [-0.4, -0.2) is 50.6 Å². The van der Waals surface area contributed by atoms with E-state index in [1.165, 1.54) is 19.2 Å². The van der Waals surface area contributed by atoms with Gasteiger partial charge in [-0.05, 0) is 18.6 Å². The molecule has 0 aliphatic carbocycles. The van der Waals surface area contributed by atoms with Crippen LogP contribution < -0.4 is 5.32 Å². The van der Waals surface area contributed by atoms with Gasteiger partial charge in [0.2, 0.25) is 5.91 Å². The van der Waals surface area contributed by atoms with Gasteiger partial charge in [0.1, 0.15) is 0 Å². The molecule has 0 radical (unpaired) electrons. The average molecular weight is 300 g/mol. The van der Waals surface area contributed by atoms with E-state index in [4.69, 9.17) is 4.74 Å². The highest BCUT2D eigenvalue weighted by atomic mass is 19.2. The molecule has 0 unspecified atom stereocenters. The Morgan fingerprint density at radius 3 is 2.71 bits per heavy atom. The molecule has 0 aromatic heterocycles. The normalized spacial score (nSPS) is 10.3. The van der Waals surface area contributed by atoms with Gasteiger partial charge in [-0.2, -0.15) is 0 Å². The first-order valence-electron chi connectivity index (χ1n) is 6.42. The zero-order valence-corrected chi connectivity index (χ0v) is 12.0. The lowest BCUT2D eigenvalue weighted by Gasteiger charge is -2.17. The average Bonchev–Trinajstić information content (AvgIpc) is 2.45. The lowest BCUT2D eigenvalue weighted by molar-refractivity contribution is -0.121. The molecule has 7 heteroatoms. The highest BCUT2D eigenvalue weighted by molar-refractivity contribution is 5.96. The summed E-state index contributed by atoms with van der Waals surface area (Å²) in [4.78, 5) is 24.6. The molecule has 0 spiro atoms. The molecule has 5 nitrogen and oxygen atoms in total. The molecule has 0 fully saturated rings. The lowest BCUT2D eigenvalue weighted by atomic mass is 10.2. The highest BCUT2D eigenvalue weighted by Crippen LogP contribution is 2.13. The van der Waals surface area contributed by atoms with Crippen molar-refractivity contribution in [3.8, 4) is 0 Å². The van der Waals surface area contributed by atoms with E-state index < -0.39 is 23.1 Å². The number of hydrogen-bond acceptors (Lipinski definition) is 3. The van der Waals surface area contributed by atoms with Crippen molar-refractivity contribution in [2.45, 2.75) is 6.42 Å². The van der Waals surface area contributed by atoms with Gasteiger partial charge in [0, 0.05) is 27.3 Å². The van der Waals surface area contributed by atoms with Crippen molar-refractivity contribution in [1.29, 1.82) is 0 Å². The largest absolute Gasteiger partial charge is 0.385 e. The molecule has 21 heavy (non-hydrogen) atoms. The second kappa shape index (κ2) is 8.31. The molecule has 0 aliphatic heterocycles. The minimum absolute atomic E-state index is 0.234. The van der Waals surface area contributed by atoms with Crippen LogP contribution in [0.15, 0.2) is 18.2 Å². The second-order valence-corrected chi connectivity index (χ2v) is 4.46. The quantitative estimate of drug-likeness (QED) is 0.770. The van der Waals surface area contributed by atoms with E-state index in [2.05, 4.69) is 5.32 Å². The monoisotopic (exact) mass is 300 g/mol. The van der Waals surface area contributed by atoms with Gasteiger partial charge in [-0.15, -0.1) is 0 Å². The first kappa shape index (κ1) is 17.0. The second-order valence-electron chi connectivity index (χ2n) is 4.46. The lowest BCUT2D eigenvalue weighted by Crippen LogP contribution is -2.39. The van der Waals surface area contributed by atoms with Crippen LogP contribution in [0.25, 0.3) is 0 Å². The minimum Gasteiger partial charge on any atom is -0.385 e. The van der Waals surface area contributed by atoms with E-state index in [0.717, 1.165) is 11.0 Å². The van der Waals surface area contributed by atoms with Crippen LogP contribution in [0.5, 0.6) is 0 Å². The molecule has 0 saturated heterocycles. The molecule has 116 valence electrons. The van der Waals surface area contributed by atoms with E-state index >= 15 is 0 Å². The summed E-state index contributed by atoms with van der Waals surface area (Å²) in [5.74, 6) is -3.44. The van der Waals surface area contributed by atoms with Gasteiger partial charge in [0.25, 0.3) is 5.91 Å². The SMILES string of the molecule is COCCCNC(=O)CN(C)C(=O)c1cccc(F)c1F. The van der Waals surface area contributed by atoms with Crippen LogP contribution in [0.4, 0.5) is 8.78 Å². The molecule has 0 heterocycles. The summed E-state index contributed by atoms with van der Waals surface area (Å²) in [5.41, 5.74) is -0.398. The number of benzene rings is 1. The molecule has 0 aliphatic rings. The van der Waals surface area contributed by atoms with E-state index in [1.54, 1.807) is 7.11 Å². The molecule has 0 atom stereocenters. The van der Waals surface area contributed by atoms with Gasteiger partial charge in [-0.1, -0.05) is 6.07 Å². The Labute approximate surface area is 121 Å². The van der Waals surface area contributed by atoms with Gasteiger partial charge in [0.05, 0.1) is 12.1 Å². The number of ether oxygens (including phenoxy) is 1. The van der Waals surface area contributed by atoms with Crippen molar-refractivity contribution in [1.82, 2.24) is 10.2 Å². The summed E-state index contributed by atoms with van der Waals surface area (Å²) < 4.78 is 31.4. The molecule has 1 aromatic carbocycles. The van der Waals surface area contributed by atoms with Crippen LogP contribution in [0.2, 0.25) is 0 Å².